The second-order valence-corrected chi connectivity index (χ2v) is 3.21. The number of nitrogens with zero attached hydrogens (tertiary/aromatic N) is 1. The number of benzene rings is 1. The Balaban J connectivity index is 0.00000162. The Morgan fingerprint density at radius 2 is 2.11 bits per heavy atom. The minimum atomic E-state index is -1.19. The molecule has 1 aromatic heterocycles. The average molecular weight is 260 g/mol. The van der Waals surface area contributed by atoms with Crippen LogP contribution in [0.25, 0.3) is 11.0 Å². The van der Waals surface area contributed by atoms with E-state index < -0.39 is 22.0 Å². The molecule has 1 heterocycles. The third kappa shape index (κ3) is 2.33. The molecule has 1 N–H and O–H groups in total. The second-order valence-electron chi connectivity index (χ2n) is 3.21. The molecule has 0 aliphatic heterocycles. The van der Waals surface area contributed by atoms with Gasteiger partial charge in [-0.05, 0) is 18.2 Å². The minimum absolute atomic E-state index is 0. The summed E-state index contributed by atoms with van der Waals surface area (Å²) in [5.74, 6) is -0.337. The van der Waals surface area contributed by atoms with Crippen molar-refractivity contribution in [3.63, 3.8) is 0 Å². The number of rotatable bonds is 2. The monoisotopic (exact) mass is 260 g/mol. The summed E-state index contributed by atoms with van der Waals surface area (Å²) in [6.07, 6.45) is 0. The number of hydrogen-bond donors (Lipinski definition) is 1. The van der Waals surface area contributed by atoms with Crippen LogP contribution in [0.15, 0.2) is 27.4 Å². The molecule has 1 radical (unpaired) electrons. The van der Waals surface area contributed by atoms with Crippen LogP contribution >= 0.6 is 0 Å². The van der Waals surface area contributed by atoms with Gasteiger partial charge in [0.1, 0.15) is 11.3 Å². The first-order valence-corrected chi connectivity index (χ1v) is 4.53. The van der Waals surface area contributed by atoms with Gasteiger partial charge in [-0.25, -0.2) is 4.79 Å². The van der Waals surface area contributed by atoms with Gasteiger partial charge in [0.2, 0.25) is 5.75 Å². The van der Waals surface area contributed by atoms with Gasteiger partial charge in [-0.3, -0.25) is 10.1 Å². The van der Waals surface area contributed by atoms with Gasteiger partial charge in [0, 0.05) is 29.6 Å². The predicted molar refractivity (Wildman–Crippen MR) is 63.1 cm³/mol. The van der Waals surface area contributed by atoms with Gasteiger partial charge in [-0.15, -0.1) is 0 Å². The molecular weight excluding hydrogens is 253 g/mol. The zero-order valence-corrected chi connectivity index (χ0v) is 11.7. The van der Waals surface area contributed by atoms with E-state index in [-0.39, 0.29) is 40.5 Å². The number of aromatic hydroxyl groups is 1. The van der Waals surface area contributed by atoms with Crippen LogP contribution in [0.3, 0.4) is 0 Å². The Morgan fingerprint density at radius 3 is 2.67 bits per heavy atom. The Hall–Kier alpha value is -1.57. The quantitative estimate of drug-likeness (QED) is 0.374. The molecule has 2 aromatic rings. The van der Waals surface area contributed by atoms with Crippen LogP contribution in [0.5, 0.6) is 11.5 Å². The number of nitro groups is 1. The number of ether oxygens (including phenoxy) is 1. The molecule has 89 valence electrons. The molecule has 0 saturated heterocycles. The summed E-state index contributed by atoms with van der Waals surface area (Å²) in [6.45, 7) is 0. The second kappa shape index (κ2) is 5.38. The molecule has 0 spiro atoms. The summed E-state index contributed by atoms with van der Waals surface area (Å²) in [7, 11) is 1.41. The van der Waals surface area contributed by atoms with Crippen LogP contribution < -0.4 is 10.4 Å². The molecule has 0 unspecified atom stereocenters. The molecule has 0 bridgehead atoms. The zero-order valence-electron chi connectivity index (χ0n) is 9.67. The smallest absolute Gasteiger partial charge is 0.419 e. The van der Waals surface area contributed by atoms with Gasteiger partial charge in [0.15, 0.2) is 0 Å². The van der Waals surface area contributed by atoms with Crippen molar-refractivity contribution < 1.29 is 19.2 Å². The van der Waals surface area contributed by atoms with Crippen molar-refractivity contribution in [1.82, 2.24) is 0 Å². The van der Waals surface area contributed by atoms with Crippen molar-refractivity contribution >= 4 is 46.2 Å². The Kier molecular flexibility index (Phi) is 4.33. The zero-order chi connectivity index (χ0) is 12.6. The van der Waals surface area contributed by atoms with Crippen LogP contribution in [0.4, 0.5) is 5.69 Å². The van der Waals surface area contributed by atoms with Gasteiger partial charge in [-0.2, -0.15) is 0 Å². The molecule has 7 nitrogen and oxygen atoms in total. The number of hydrogen-bond acceptors (Lipinski definition) is 6. The van der Waals surface area contributed by atoms with E-state index in [9.17, 15) is 20.0 Å². The molecule has 8 heteroatoms. The molecule has 0 fully saturated rings. The van der Waals surface area contributed by atoms with Crippen LogP contribution in [0.2, 0.25) is 0 Å². The first-order valence-electron chi connectivity index (χ1n) is 4.53. The molecule has 0 saturated carbocycles. The Bertz CT molecular complexity index is 665. The molecule has 0 amide bonds. The van der Waals surface area contributed by atoms with Crippen molar-refractivity contribution in [2.45, 2.75) is 0 Å². The molecular formula is C10H7NNaO6. The van der Waals surface area contributed by atoms with E-state index in [0.717, 1.165) is 0 Å². The maximum absolute atomic E-state index is 11.3. The van der Waals surface area contributed by atoms with Gasteiger partial charge in [0.25, 0.3) is 0 Å². The van der Waals surface area contributed by atoms with Crippen molar-refractivity contribution in [2.75, 3.05) is 7.11 Å². The van der Waals surface area contributed by atoms with Gasteiger partial charge < -0.3 is 14.3 Å². The Labute approximate surface area is 122 Å². The Morgan fingerprint density at radius 1 is 1.44 bits per heavy atom. The molecule has 0 aliphatic carbocycles. The fourth-order valence-electron chi connectivity index (χ4n) is 1.44. The van der Waals surface area contributed by atoms with Gasteiger partial charge >= 0.3 is 11.3 Å². The molecule has 0 aliphatic rings. The first-order chi connectivity index (χ1) is 8.04. The third-order valence-corrected chi connectivity index (χ3v) is 2.24. The summed E-state index contributed by atoms with van der Waals surface area (Å²) in [5, 5.41) is 20.3. The third-order valence-electron chi connectivity index (χ3n) is 2.24. The van der Waals surface area contributed by atoms with E-state index in [1.54, 1.807) is 0 Å². The molecule has 0 atom stereocenters. The van der Waals surface area contributed by atoms with E-state index in [1.165, 1.54) is 25.3 Å². The summed E-state index contributed by atoms with van der Waals surface area (Å²) in [6, 6.07) is 4.25. The van der Waals surface area contributed by atoms with Crippen LogP contribution in [-0.4, -0.2) is 46.7 Å². The predicted octanol–water partition coefficient (Wildman–Crippen LogP) is 1.03. The van der Waals surface area contributed by atoms with E-state index in [0.29, 0.717) is 5.75 Å². The summed E-state index contributed by atoms with van der Waals surface area (Å²) in [4.78, 5) is 20.9. The van der Waals surface area contributed by atoms with Crippen LogP contribution in [0, 0.1) is 10.1 Å². The van der Waals surface area contributed by atoms with Crippen molar-refractivity contribution in [2.24, 2.45) is 0 Å². The number of fused-ring (bicyclic) bond motifs is 1. The van der Waals surface area contributed by atoms with Crippen molar-refractivity contribution in [1.29, 1.82) is 0 Å². The fourth-order valence-corrected chi connectivity index (χ4v) is 1.44. The molecule has 2 rings (SSSR count). The van der Waals surface area contributed by atoms with Crippen molar-refractivity contribution in [3.8, 4) is 11.5 Å². The van der Waals surface area contributed by atoms with E-state index in [4.69, 9.17) is 9.15 Å². The number of methoxy groups -OCH3 is 1. The summed E-state index contributed by atoms with van der Waals surface area (Å²) in [5.41, 5.74) is -2.12. The maximum atomic E-state index is 11.3. The van der Waals surface area contributed by atoms with Crippen molar-refractivity contribution in [3.05, 3.63) is 38.7 Å². The van der Waals surface area contributed by atoms with E-state index >= 15 is 0 Å². The minimum Gasteiger partial charge on any atom is -0.501 e. The maximum Gasteiger partial charge on any atom is 0.419 e. The van der Waals surface area contributed by atoms with E-state index in [2.05, 4.69) is 0 Å². The standard InChI is InChI=1S/C10H7NO6.Na/c1-16-5-2-3-7-6(4-5)9(12)8(11(14)15)10(13)17-7;/h2-4,12H,1H3;. The van der Waals surface area contributed by atoms with Crippen LogP contribution in [0.1, 0.15) is 0 Å². The SMILES string of the molecule is COc1ccc2oc(=O)c([N+](=O)[O-])c(O)c2c1.[Na]. The molecule has 18 heavy (non-hydrogen) atoms. The molecule has 1 aromatic carbocycles. The van der Waals surface area contributed by atoms with Gasteiger partial charge in [-0.1, -0.05) is 0 Å². The summed E-state index contributed by atoms with van der Waals surface area (Å²) >= 11 is 0. The average Bonchev–Trinajstić information content (AvgIpc) is 2.28. The fraction of sp³-hybridized carbons (Fsp3) is 0.100. The topological polar surface area (TPSA) is 103 Å². The normalized spacial score (nSPS) is 9.83. The first kappa shape index (κ1) is 14.5. The largest absolute Gasteiger partial charge is 0.501 e. The summed E-state index contributed by atoms with van der Waals surface area (Å²) < 4.78 is 9.63. The van der Waals surface area contributed by atoms with Gasteiger partial charge in [0.05, 0.1) is 17.4 Å². The van der Waals surface area contributed by atoms with Crippen LogP contribution in [-0.2, 0) is 0 Å². The van der Waals surface area contributed by atoms with E-state index in [1.807, 2.05) is 0 Å².